The van der Waals surface area contributed by atoms with Crippen molar-refractivity contribution in [3.8, 4) is 5.88 Å². The molecule has 0 bridgehead atoms. The van der Waals surface area contributed by atoms with Gasteiger partial charge in [0.05, 0.1) is 5.56 Å². The van der Waals surface area contributed by atoms with Crippen molar-refractivity contribution in [2.24, 2.45) is 0 Å². The molecule has 2 N–H and O–H groups in total. The van der Waals surface area contributed by atoms with Crippen molar-refractivity contribution in [1.29, 1.82) is 0 Å². The normalized spacial score (nSPS) is 18.1. The number of rotatable bonds is 4. The molecular weight excluding hydrogens is 398 g/mol. The van der Waals surface area contributed by atoms with Crippen molar-refractivity contribution >= 4 is 6.09 Å². The van der Waals surface area contributed by atoms with E-state index in [0.717, 1.165) is 37.7 Å². The van der Waals surface area contributed by atoms with Gasteiger partial charge in [0.25, 0.3) is 5.56 Å². The highest BCUT2D eigenvalue weighted by molar-refractivity contribution is 5.67. The lowest BCUT2D eigenvalue weighted by Gasteiger charge is -2.32. The van der Waals surface area contributed by atoms with Crippen molar-refractivity contribution in [3.63, 3.8) is 0 Å². The Labute approximate surface area is 180 Å². The van der Waals surface area contributed by atoms with Crippen LogP contribution in [0, 0.1) is 0 Å². The monoisotopic (exact) mass is 427 g/mol. The van der Waals surface area contributed by atoms with Gasteiger partial charge in [-0.25, -0.2) is 9.59 Å². The van der Waals surface area contributed by atoms with E-state index in [-0.39, 0.29) is 36.1 Å². The van der Waals surface area contributed by atoms with Crippen LogP contribution in [0.15, 0.2) is 39.9 Å². The van der Waals surface area contributed by atoms with Crippen LogP contribution < -0.4 is 11.2 Å². The molecule has 4 rings (SSSR count). The van der Waals surface area contributed by atoms with Crippen molar-refractivity contribution in [2.75, 3.05) is 13.1 Å². The number of aromatic hydroxyl groups is 1. The van der Waals surface area contributed by atoms with Gasteiger partial charge in [-0.2, -0.15) is 0 Å². The first kappa shape index (κ1) is 21.2. The Balaban J connectivity index is 1.43. The Bertz CT molecular complexity index is 1020. The van der Waals surface area contributed by atoms with Crippen molar-refractivity contribution in [1.82, 2.24) is 14.5 Å². The van der Waals surface area contributed by atoms with E-state index in [9.17, 15) is 19.5 Å². The van der Waals surface area contributed by atoms with Crippen LogP contribution in [-0.4, -0.2) is 38.7 Å². The zero-order valence-corrected chi connectivity index (χ0v) is 17.6. The average molecular weight is 428 g/mol. The van der Waals surface area contributed by atoms with E-state index in [4.69, 9.17) is 4.74 Å². The zero-order valence-electron chi connectivity index (χ0n) is 17.6. The number of aromatic amines is 1. The van der Waals surface area contributed by atoms with Gasteiger partial charge in [0.2, 0.25) is 5.88 Å². The van der Waals surface area contributed by atoms with Crippen LogP contribution in [0.1, 0.15) is 68.0 Å². The molecule has 0 spiro atoms. The van der Waals surface area contributed by atoms with E-state index in [1.54, 1.807) is 4.90 Å². The predicted molar refractivity (Wildman–Crippen MR) is 115 cm³/mol. The fraction of sp³-hybridized carbons (Fsp3) is 0.522. The number of carbonyl (C=O) groups is 1. The number of aromatic nitrogens is 2. The number of carbonyl (C=O) groups excluding carboxylic acids is 1. The standard InChI is InChI=1S/C23H29N3O5/c27-20-19(21(28)26(22(29)24-20)18-9-5-2-6-10-18)17-11-13-25(14-12-17)23(30)31-15-16-7-3-1-4-8-16/h1,3-4,7-8,17-18,28H,2,5-6,9-15H2,(H,24,27,29). The Morgan fingerprint density at radius 3 is 2.39 bits per heavy atom. The number of piperidine rings is 1. The molecule has 31 heavy (non-hydrogen) atoms. The number of amides is 1. The van der Waals surface area contributed by atoms with Crippen LogP contribution in [0.2, 0.25) is 0 Å². The van der Waals surface area contributed by atoms with Gasteiger partial charge in [0, 0.05) is 19.1 Å². The highest BCUT2D eigenvalue weighted by atomic mass is 16.6. The molecule has 0 unspecified atom stereocenters. The molecule has 166 valence electrons. The van der Waals surface area contributed by atoms with Crippen LogP contribution in [-0.2, 0) is 11.3 Å². The summed E-state index contributed by atoms with van der Waals surface area (Å²) >= 11 is 0. The lowest BCUT2D eigenvalue weighted by molar-refractivity contribution is 0.0868. The summed E-state index contributed by atoms with van der Waals surface area (Å²) in [6.45, 7) is 1.08. The maximum Gasteiger partial charge on any atom is 0.410 e. The number of hydrogen-bond donors (Lipinski definition) is 2. The second kappa shape index (κ2) is 9.41. The van der Waals surface area contributed by atoms with Crippen LogP contribution in [0.5, 0.6) is 5.88 Å². The van der Waals surface area contributed by atoms with Crippen molar-refractivity contribution in [2.45, 2.75) is 63.5 Å². The fourth-order valence-electron chi connectivity index (χ4n) is 4.76. The highest BCUT2D eigenvalue weighted by Gasteiger charge is 2.31. The van der Waals surface area contributed by atoms with Gasteiger partial charge in [-0.3, -0.25) is 14.3 Å². The van der Waals surface area contributed by atoms with E-state index in [0.29, 0.717) is 25.9 Å². The van der Waals surface area contributed by atoms with Gasteiger partial charge in [0.1, 0.15) is 6.61 Å². The smallest absolute Gasteiger partial charge is 0.410 e. The summed E-state index contributed by atoms with van der Waals surface area (Å²) in [5, 5.41) is 10.9. The SMILES string of the molecule is O=C(OCc1ccccc1)N1CCC(c2c(O)n(C3CCCCC3)c(=O)[nH]c2=O)CC1. The molecule has 2 heterocycles. The molecule has 1 aliphatic heterocycles. The first-order chi connectivity index (χ1) is 15.0. The lowest BCUT2D eigenvalue weighted by Crippen LogP contribution is -2.41. The minimum atomic E-state index is -0.542. The molecule has 1 aliphatic carbocycles. The molecule has 1 saturated carbocycles. The maximum atomic E-state index is 12.5. The minimum absolute atomic E-state index is 0.0788. The summed E-state index contributed by atoms with van der Waals surface area (Å²) in [7, 11) is 0. The first-order valence-corrected chi connectivity index (χ1v) is 11.1. The summed E-state index contributed by atoms with van der Waals surface area (Å²) in [5.74, 6) is -0.414. The highest BCUT2D eigenvalue weighted by Crippen LogP contribution is 2.35. The summed E-state index contributed by atoms with van der Waals surface area (Å²) in [6, 6.07) is 9.41. The van der Waals surface area contributed by atoms with E-state index in [2.05, 4.69) is 4.98 Å². The van der Waals surface area contributed by atoms with Gasteiger partial charge >= 0.3 is 11.8 Å². The molecule has 1 saturated heterocycles. The molecule has 1 aromatic carbocycles. The number of H-pyrrole nitrogens is 1. The Morgan fingerprint density at radius 2 is 1.71 bits per heavy atom. The molecule has 1 aromatic heterocycles. The zero-order chi connectivity index (χ0) is 21.8. The molecule has 0 atom stereocenters. The number of ether oxygens (including phenoxy) is 1. The third-order valence-electron chi connectivity index (χ3n) is 6.46. The van der Waals surface area contributed by atoms with E-state index < -0.39 is 11.2 Å². The number of likely N-dealkylation sites (tertiary alicyclic amines) is 1. The largest absolute Gasteiger partial charge is 0.494 e. The van der Waals surface area contributed by atoms with Crippen molar-refractivity contribution in [3.05, 3.63) is 62.3 Å². The van der Waals surface area contributed by atoms with Gasteiger partial charge in [-0.15, -0.1) is 0 Å². The molecule has 2 aromatic rings. The van der Waals surface area contributed by atoms with E-state index >= 15 is 0 Å². The minimum Gasteiger partial charge on any atom is -0.494 e. The first-order valence-electron chi connectivity index (χ1n) is 11.1. The Hall–Kier alpha value is -3.03. The molecule has 8 heteroatoms. The number of nitrogens with one attached hydrogen (secondary N) is 1. The summed E-state index contributed by atoms with van der Waals surface area (Å²) in [6.07, 6.45) is 5.46. The van der Waals surface area contributed by atoms with Crippen LogP contribution >= 0.6 is 0 Å². The second-order valence-corrected chi connectivity index (χ2v) is 8.46. The van der Waals surface area contributed by atoms with E-state index in [1.165, 1.54) is 4.57 Å². The molecule has 8 nitrogen and oxygen atoms in total. The summed E-state index contributed by atoms with van der Waals surface area (Å²) in [5.41, 5.74) is 0.120. The molecule has 1 amide bonds. The molecule has 2 aliphatic rings. The Morgan fingerprint density at radius 1 is 1.03 bits per heavy atom. The van der Waals surface area contributed by atoms with Crippen molar-refractivity contribution < 1.29 is 14.6 Å². The van der Waals surface area contributed by atoms with Gasteiger partial charge in [-0.05, 0) is 37.2 Å². The topological polar surface area (TPSA) is 105 Å². The third kappa shape index (κ3) is 4.68. The van der Waals surface area contributed by atoms with Crippen LogP contribution in [0.3, 0.4) is 0 Å². The quantitative estimate of drug-likeness (QED) is 0.779. The Kier molecular flexibility index (Phi) is 6.44. The third-order valence-corrected chi connectivity index (χ3v) is 6.46. The molecule has 2 fully saturated rings. The number of nitrogens with zero attached hydrogens (tertiary/aromatic N) is 2. The molecular formula is C23H29N3O5. The van der Waals surface area contributed by atoms with Crippen LogP contribution in [0.25, 0.3) is 0 Å². The van der Waals surface area contributed by atoms with Crippen LogP contribution in [0.4, 0.5) is 4.79 Å². The lowest BCUT2D eigenvalue weighted by atomic mass is 9.90. The van der Waals surface area contributed by atoms with E-state index in [1.807, 2.05) is 30.3 Å². The average Bonchev–Trinajstić information content (AvgIpc) is 2.79. The molecule has 0 radical (unpaired) electrons. The summed E-state index contributed by atoms with van der Waals surface area (Å²) < 4.78 is 6.77. The van der Waals surface area contributed by atoms with Gasteiger partial charge in [-0.1, -0.05) is 49.6 Å². The maximum absolute atomic E-state index is 12.5. The predicted octanol–water partition coefficient (Wildman–Crippen LogP) is 3.26. The number of benzene rings is 1. The fourth-order valence-corrected chi connectivity index (χ4v) is 4.76. The second-order valence-electron chi connectivity index (χ2n) is 8.46. The van der Waals surface area contributed by atoms with Gasteiger partial charge < -0.3 is 14.7 Å². The number of hydrogen-bond acceptors (Lipinski definition) is 5. The van der Waals surface area contributed by atoms with Gasteiger partial charge in [0.15, 0.2) is 0 Å². The summed E-state index contributed by atoms with van der Waals surface area (Å²) in [4.78, 5) is 41.4.